The lowest BCUT2D eigenvalue weighted by molar-refractivity contribution is 0.631. The Hall–Kier alpha value is -4.40. The quantitative estimate of drug-likeness (QED) is 0.191. The Morgan fingerprint density at radius 3 is 2.16 bits per heavy atom. The summed E-state index contributed by atoms with van der Waals surface area (Å²) in [6, 6.07) is 34.9. The van der Waals surface area contributed by atoms with Crippen molar-refractivity contribution >= 4 is 39.0 Å². The van der Waals surface area contributed by atoms with Crippen LogP contribution >= 0.6 is 11.6 Å². The Labute approximate surface area is 257 Å². The van der Waals surface area contributed by atoms with Crippen LogP contribution in [0.2, 0.25) is 5.02 Å². The van der Waals surface area contributed by atoms with Crippen molar-refractivity contribution in [3.63, 3.8) is 0 Å². The van der Waals surface area contributed by atoms with Crippen LogP contribution in [0.1, 0.15) is 38.3 Å². The molecule has 6 aromatic rings. The van der Waals surface area contributed by atoms with Crippen LogP contribution < -0.4 is 0 Å². The van der Waals surface area contributed by atoms with E-state index in [0.29, 0.717) is 11.5 Å². The van der Waals surface area contributed by atoms with E-state index in [1.165, 1.54) is 33.7 Å². The summed E-state index contributed by atoms with van der Waals surface area (Å²) in [5.74, 6) is 0.278. The number of rotatable bonds is 5. The molecule has 1 heterocycles. The van der Waals surface area contributed by atoms with E-state index in [-0.39, 0.29) is 5.82 Å². The molecule has 5 aromatic carbocycles. The molecule has 1 aliphatic rings. The van der Waals surface area contributed by atoms with Crippen LogP contribution in [-0.2, 0) is 6.42 Å². The molecule has 1 atom stereocenters. The fourth-order valence-corrected chi connectivity index (χ4v) is 6.92. The highest BCUT2D eigenvalue weighted by atomic mass is 35.5. The van der Waals surface area contributed by atoms with Gasteiger partial charge in [0.15, 0.2) is 0 Å². The van der Waals surface area contributed by atoms with E-state index in [9.17, 15) is 0 Å². The lowest BCUT2D eigenvalue weighted by Crippen LogP contribution is -2.00. The summed E-state index contributed by atoms with van der Waals surface area (Å²) in [4.78, 5) is 0. The van der Waals surface area contributed by atoms with Crippen LogP contribution in [-0.4, -0.2) is 4.57 Å². The minimum Gasteiger partial charge on any atom is -0.309 e. The molecule has 1 nitrogen and oxygen atoms in total. The number of hydrogen-bond acceptors (Lipinski definition) is 0. The van der Waals surface area contributed by atoms with Crippen molar-refractivity contribution in [2.24, 2.45) is 5.92 Å². The van der Waals surface area contributed by atoms with Gasteiger partial charge in [-0.2, -0.15) is 0 Å². The van der Waals surface area contributed by atoms with Gasteiger partial charge in [-0.1, -0.05) is 97.8 Å². The van der Waals surface area contributed by atoms with Gasteiger partial charge in [0.1, 0.15) is 5.82 Å². The van der Waals surface area contributed by atoms with Crippen molar-refractivity contribution in [1.82, 2.24) is 4.57 Å². The van der Waals surface area contributed by atoms with Crippen molar-refractivity contribution < 1.29 is 4.39 Å². The zero-order chi connectivity index (χ0) is 29.7. The van der Waals surface area contributed by atoms with E-state index in [1.54, 1.807) is 6.07 Å². The molecule has 0 spiro atoms. The average molecular weight is 582 g/mol. The molecule has 0 aliphatic heterocycles. The monoisotopic (exact) mass is 581 g/mol. The lowest BCUT2D eigenvalue weighted by atomic mass is 9.89. The third-order valence-corrected chi connectivity index (χ3v) is 8.83. The molecule has 1 unspecified atom stereocenters. The molecule has 0 radical (unpaired) electrons. The number of halogens is 2. The Bertz CT molecular complexity index is 2090. The molecular weight excluding hydrogens is 549 g/mol. The fourth-order valence-electron chi connectivity index (χ4n) is 6.66. The van der Waals surface area contributed by atoms with Gasteiger partial charge in [-0.15, -0.1) is 0 Å². The van der Waals surface area contributed by atoms with Crippen LogP contribution in [0, 0.1) is 11.7 Å². The van der Waals surface area contributed by atoms with Gasteiger partial charge in [-0.25, -0.2) is 4.39 Å². The van der Waals surface area contributed by atoms with Gasteiger partial charge in [0.25, 0.3) is 0 Å². The van der Waals surface area contributed by atoms with Crippen molar-refractivity contribution in [2.45, 2.75) is 33.6 Å². The minimum atomic E-state index is -0.228. The van der Waals surface area contributed by atoms with Crippen LogP contribution in [0.4, 0.5) is 4.39 Å². The summed E-state index contributed by atoms with van der Waals surface area (Å²) in [5.41, 5.74) is 11.9. The smallest absolute Gasteiger partial charge is 0.131 e. The molecular formula is C40H33ClFN. The Kier molecular flexibility index (Phi) is 7.03. The third kappa shape index (κ3) is 5.00. The maximum atomic E-state index is 15.2. The van der Waals surface area contributed by atoms with Crippen molar-refractivity contribution in [1.29, 1.82) is 0 Å². The van der Waals surface area contributed by atoms with E-state index in [4.69, 9.17) is 11.6 Å². The Balaban J connectivity index is 1.52. The zero-order valence-corrected chi connectivity index (χ0v) is 25.4. The zero-order valence-electron chi connectivity index (χ0n) is 24.7. The highest BCUT2D eigenvalue weighted by Gasteiger charge is 2.19. The first kappa shape index (κ1) is 27.4. The van der Waals surface area contributed by atoms with E-state index in [1.807, 2.05) is 42.5 Å². The first-order valence-corrected chi connectivity index (χ1v) is 15.4. The van der Waals surface area contributed by atoms with Gasteiger partial charge < -0.3 is 4.57 Å². The number of nitrogens with zero attached hydrogens (tertiary/aromatic N) is 1. The predicted octanol–water partition coefficient (Wildman–Crippen LogP) is 11.8. The largest absolute Gasteiger partial charge is 0.309 e. The van der Waals surface area contributed by atoms with Gasteiger partial charge in [-0.3, -0.25) is 0 Å². The standard InChI is InChI=1S/C40H33ClFN/c1-4-27-20-31(22-32(41)21-27)29-14-16-40-36(24-29)35-23-28(30-18-25(2)17-26(3)19-30)13-15-39(35)43(40)38-12-8-6-10-34(38)33-9-5-7-11-37(33)42/h5-16,18-25H,4,17H2,1-3H3. The summed E-state index contributed by atoms with van der Waals surface area (Å²) in [7, 11) is 0. The maximum Gasteiger partial charge on any atom is 0.131 e. The van der Waals surface area contributed by atoms with Crippen LogP contribution in [0.15, 0.2) is 121 Å². The first-order valence-electron chi connectivity index (χ1n) is 15.0. The number of aryl methyl sites for hydroxylation is 1. The molecule has 0 saturated heterocycles. The van der Waals surface area contributed by atoms with Crippen molar-refractivity contribution in [3.8, 4) is 27.9 Å². The minimum absolute atomic E-state index is 0.228. The molecule has 3 heteroatoms. The van der Waals surface area contributed by atoms with Crippen molar-refractivity contribution in [3.05, 3.63) is 143 Å². The number of para-hydroxylation sites is 1. The second-order valence-electron chi connectivity index (χ2n) is 11.8. The Morgan fingerprint density at radius 2 is 1.44 bits per heavy atom. The third-order valence-electron chi connectivity index (χ3n) is 8.62. The Morgan fingerprint density at radius 1 is 0.767 bits per heavy atom. The lowest BCUT2D eigenvalue weighted by Gasteiger charge is -2.17. The van der Waals surface area contributed by atoms with Crippen LogP contribution in [0.3, 0.4) is 0 Å². The van der Waals surface area contributed by atoms with E-state index in [2.05, 4.69) is 86.0 Å². The van der Waals surface area contributed by atoms with Gasteiger partial charge in [0.2, 0.25) is 0 Å². The number of hydrogen-bond donors (Lipinski definition) is 0. The second-order valence-corrected chi connectivity index (χ2v) is 12.2. The summed E-state index contributed by atoms with van der Waals surface area (Å²) < 4.78 is 17.4. The summed E-state index contributed by atoms with van der Waals surface area (Å²) >= 11 is 6.55. The molecule has 0 fully saturated rings. The maximum absolute atomic E-state index is 15.2. The van der Waals surface area contributed by atoms with E-state index >= 15 is 4.39 Å². The molecule has 0 bridgehead atoms. The molecule has 1 aromatic heterocycles. The SMILES string of the molecule is CCc1cc(Cl)cc(-c2ccc3c(c2)c2cc(C4=CC(C)CC(C)=C4)ccc2n3-c2ccccc2-c2ccccc2F)c1. The number of benzene rings is 5. The van der Waals surface area contributed by atoms with Gasteiger partial charge in [0.05, 0.1) is 16.7 Å². The van der Waals surface area contributed by atoms with Crippen molar-refractivity contribution in [2.75, 3.05) is 0 Å². The van der Waals surface area contributed by atoms with E-state index in [0.717, 1.165) is 56.7 Å². The van der Waals surface area contributed by atoms with E-state index < -0.39 is 0 Å². The highest BCUT2D eigenvalue weighted by Crippen LogP contribution is 2.40. The molecule has 43 heavy (non-hydrogen) atoms. The summed E-state index contributed by atoms with van der Waals surface area (Å²) in [5, 5.41) is 3.07. The number of allylic oxidation sites excluding steroid dienone is 4. The van der Waals surface area contributed by atoms with Gasteiger partial charge in [0, 0.05) is 26.9 Å². The predicted molar refractivity (Wildman–Crippen MR) is 182 cm³/mol. The second kappa shape index (κ2) is 11.0. The summed E-state index contributed by atoms with van der Waals surface area (Å²) in [6.07, 6.45) is 6.72. The number of fused-ring (bicyclic) bond motifs is 3. The van der Waals surface area contributed by atoms with Gasteiger partial charge >= 0.3 is 0 Å². The highest BCUT2D eigenvalue weighted by molar-refractivity contribution is 6.31. The molecule has 0 N–H and O–H groups in total. The molecule has 7 rings (SSSR count). The first-order chi connectivity index (χ1) is 20.9. The molecule has 1 aliphatic carbocycles. The molecule has 0 amide bonds. The van der Waals surface area contributed by atoms with Crippen LogP contribution in [0.5, 0.6) is 0 Å². The fraction of sp³-hybridized carbons (Fsp3) is 0.150. The van der Waals surface area contributed by atoms with Crippen LogP contribution in [0.25, 0.3) is 55.3 Å². The molecule has 212 valence electrons. The number of aromatic nitrogens is 1. The van der Waals surface area contributed by atoms with Gasteiger partial charge in [-0.05, 0) is 102 Å². The average Bonchev–Trinajstić information content (AvgIpc) is 3.33. The topological polar surface area (TPSA) is 4.93 Å². The molecule has 0 saturated carbocycles. The normalized spacial score (nSPS) is 15.1. The summed E-state index contributed by atoms with van der Waals surface area (Å²) in [6.45, 7) is 6.65.